The molecular formula is C9H11BrF2O10. The van der Waals surface area contributed by atoms with Gasteiger partial charge >= 0.3 is 24.0 Å². The van der Waals surface area contributed by atoms with Crippen LogP contribution in [0.3, 0.4) is 0 Å². The van der Waals surface area contributed by atoms with Gasteiger partial charge < -0.3 is 34.3 Å². The average Bonchev–Trinajstić information content (AvgIpc) is 2.45. The van der Waals surface area contributed by atoms with E-state index in [4.69, 9.17) is 0 Å². The van der Waals surface area contributed by atoms with Crippen LogP contribution in [0.25, 0.3) is 0 Å². The summed E-state index contributed by atoms with van der Waals surface area (Å²) in [5.74, 6) is -9.28. The molecule has 3 atom stereocenters. The molecule has 0 amide bonds. The van der Waals surface area contributed by atoms with Crippen molar-refractivity contribution < 1.29 is 57.4 Å². The lowest BCUT2D eigenvalue weighted by atomic mass is 10.0. The van der Waals surface area contributed by atoms with E-state index in [1.54, 1.807) is 0 Å². The maximum absolute atomic E-state index is 13.7. The van der Waals surface area contributed by atoms with Crippen molar-refractivity contribution in [2.75, 3.05) is 14.2 Å². The first-order valence-electron chi connectivity index (χ1n) is 5.11. The van der Waals surface area contributed by atoms with Gasteiger partial charge in [0.1, 0.15) is 0 Å². The fourth-order valence-corrected chi connectivity index (χ4v) is 1.31. The molecule has 0 heterocycles. The second-order valence-corrected chi connectivity index (χ2v) is 4.23. The van der Waals surface area contributed by atoms with E-state index in [1.807, 2.05) is 15.9 Å². The van der Waals surface area contributed by atoms with Gasteiger partial charge in [0.2, 0.25) is 6.29 Å². The van der Waals surface area contributed by atoms with Crippen molar-refractivity contribution in [2.45, 2.75) is 24.1 Å². The Hall–Kier alpha value is -1.57. The van der Waals surface area contributed by atoms with Crippen LogP contribution in [0.15, 0.2) is 0 Å². The van der Waals surface area contributed by atoms with Crippen LogP contribution >= 0.6 is 15.9 Å². The number of methoxy groups -OCH3 is 2. The molecule has 0 bridgehead atoms. The molecular weight excluding hydrogens is 386 g/mol. The summed E-state index contributed by atoms with van der Waals surface area (Å²) >= 11 is 1.82. The van der Waals surface area contributed by atoms with Gasteiger partial charge in [0.25, 0.3) is 4.69 Å². The predicted molar refractivity (Wildman–Crippen MR) is 62.8 cm³/mol. The number of carbonyl (C=O) groups excluding carboxylic acids is 3. The van der Waals surface area contributed by atoms with Crippen LogP contribution in [-0.2, 0) is 23.7 Å². The molecule has 1 unspecified atom stereocenters. The number of halogens is 3. The fourth-order valence-electron chi connectivity index (χ4n) is 1.02. The van der Waals surface area contributed by atoms with Crippen molar-refractivity contribution >= 4 is 32.9 Å². The van der Waals surface area contributed by atoms with Gasteiger partial charge in [-0.1, -0.05) is 0 Å². The van der Waals surface area contributed by atoms with Gasteiger partial charge in [-0.3, -0.25) is 4.79 Å². The van der Waals surface area contributed by atoms with Crippen LogP contribution in [0.1, 0.15) is 0 Å². The molecule has 128 valence electrons. The van der Waals surface area contributed by atoms with Gasteiger partial charge in [-0.05, 0) is 15.9 Å². The number of aliphatic hydroxyl groups excluding tert-OH is 2. The van der Waals surface area contributed by atoms with Crippen LogP contribution < -0.4 is 0 Å². The third-order valence-electron chi connectivity index (χ3n) is 2.16. The molecule has 0 aromatic rings. The third kappa shape index (κ3) is 4.22. The number of alkyl halides is 2. The first-order chi connectivity index (χ1) is 9.93. The Morgan fingerprint density at radius 3 is 1.91 bits per heavy atom. The van der Waals surface area contributed by atoms with Crippen LogP contribution in [0, 0.1) is 0 Å². The topological polar surface area (TPSA) is 149 Å². The van der Waals surface area contributed by atoms with E-state index >= 15 is 0 Å². The van der Waals surface area contributed by atoms with Crippen LogP contribution in [0.4, 0.5) is 18.4 Å². The van der Waals surface area contributed by atoms with Crippen molar-refractivity contribution in [3.63, 3.8) is 0 Å². The first-order valence-corrected chi connectivity index (χ1v) is 5.91. The maximum Gasteiger partial charge on any atom is 0.510 e. The second-order valence-electron chi connectivity index (χ2n) is 3.51. The van der Waals surface area contributed by atoms with E-state index in [0.717, 1.165) is 7.11 Å². The molecule has 0 aliphatic rings. The fraction of sp³-hybridized carbons (Fsp3) is 0.667. The molecule has 0 aromatic heterocycles. The Labute approximate surface area is 129 Å². The molecule has 0 fully saturated rings. The molecule has 3 N–H and O–H groups in total. The number of hydrogen-bond acceptors (Lipinski definition) is 10. The molecule has 13 heteroatoms. The Morgan fingerprint density at radius 2 is 1.55 bits per heavy atom. The largest absolute Gasteiger partial charge is 0.510 e. The first kappa shape index (κ1) is 20.4. The van der Waals surface area contributed by atoms with Gasteiger partial charge in [0.15, 0.2) is 6.10 Å². The van der Waals surface area contributed by atoms with Gasteiger partial charge in [-0.15, -0.1) is 0 Å². The molecule has 0 aromatic carbocycles. The van der Waals surface area contributed by atoms with Crippen LogP contribution in [-0.4, -0.2) is 70.6 Å². The minimum Gasteiger partial charge on any atom is -0.438 e. The molecule has 0 radical (unpaired) electrons. The van der Waals surface area contributed by atoms with E-state index in [-0.39, 0.29) is 0 Å². The summed E-state index contributed by atoms with van der Waals surface area (Å²) in [6.07, 6.45) is -9.57. The van der Waals surface area contributed by atoms with E-state index in [2.05, 4.69) is 18.9 Å². The SMILES string of the molecule is COC(=O)OC(O)[C@@H](O)[C@](O)(OC(=O)OC)C(F)(F)C(=O)Br. The van der Waals surface area contributed by atoms with Gasteiger partial charge in [0, 0.05) is 0 Å². The minimum absolute atomic E-state index is 0.671. The number of carbonyl (C=O) groups is 3. The normalized spacial score (nSPS) is 16.7. The van der Waals surface area contributed by atoms with Crippen molar-refractivity contribution in [3.05, 3.63) is 0 Å². The molecule has 0 aliphatic heterocycles. The zero-order chi connectivity index (χ0) is 17.7. The molecule has 0 rings (SSSR count). The average molecular weight is 397 g/mol. The highest BCUT2D eigenvalue weighted by atomic mass is 79.9. The quantitative estimate of drug-likeness (QED) is 0.304. The summed E-state index contributed by atoms with van der Waals surface area (Å²) in [5, 5.41) is 28.4. The van der Waals surface area contributed by atoms with Crippen molar-refractivity contribution in [2.24, 2.45) is 0 Å². The van der Waals surface area contributed by atoms with Crippen molar-refractivity contribution in [1.82, 2.24) is 0 Å². The highest BCUT2D eigenvalue weighted by Crippen LogP contribution is 2.37. The van der Waals surface area contributed by atoms with E-state index in [1.165, 1.54) is 0 Å². The van der Waals surface area contributed by atoms with E-state index in [9.17, 15) is 38.5 Å². The highest BCUT2D eigenvalue weighted by molar-refractivity contribution is 9.18. The Kier molecular flexibility index (Phi) is 7.08. The lowest BCUT2D eigenvalue weighted by Crippen LogP contribution is -2.65. The third-order valence-corrected chi connectivity index (χ3v) is 2.65. The monoisotopic (exact) mass is 396 g/mol. The molecule has 0 aliphatic carbocycles. The summed E-state index contributed by atoms with van der Waals surface area (Å²) < 4.78 is 40.6. The highest BCUT2D eigenvalue weighted by Gasteiger charge is 2.67. The number of rotatable bonds is 6. The predicted octanol–water partition coefficient (Wildman–Crippen LogP) is -0.523. The zero-order valence-electron chi connectivity index (χ0n) is 11.0. The van der Waals surface area contributed by atoms with Crippen molar-refractivity contribution in [3.8, 4) is 0 Å². The molecule has 0 saturated carbocycles. The number of aliphatic hydroxyl groups is 3. The number of hydrogen-bond donors (Lipinski definition) is 3. The standard InChI is InChI=1S/C9H11BrF2O10/c1-19-6(16)21-4(14)3(13)9(18,22-7(17)20-2)8(11,12)5(10)15/h3-4,13-14,18H,1-2H3/t3-,4?,9+/m1/s1. The van der Waals surface area contributed by atoms with Crippen LogP contribution in [0.2, 0.25) is 0 Å². The second kappa shape index (κ2) is 7.62. The van der Waals surface area contributed by atoms with Gasteiger partial charge in [-0.25, -0.2) is 9.59 Å². The Bertz CT molecular complexity index is 444. The van der Waals surface area contributed by atoms with Crippen LogP contribution in [0.5, 0.6) is 0 Å². The molecule has 0 spiro atoms. The van der Waals surface area contributed by atoms with Gasteiger partial charge in [-0.2, -0.15) is 8.78 Å². The summed E-state index contributed by atoms with van der Waals surface area (Å²) in [5.41, 5.74) is 0. The lowest BCUT2D eigenvalue weighted by molar-refractivity contribution is -0.345. The smallest absolute Gasteiger partial charge is 0.438 e. The number of ether oxygens (including phenoxy) is 4. The molecule has 10 nitrogen and oxygen atoms in total. The summed E-state index contributed by atoms with van der Waals surface area (Å²) in [6.45, 7) is 0. The Balaban J connectivity index is 5.61. The van der Waals surface area contributed by atoms with Gasteiger partial charge in [0.05, 0.1) is 14.2 Å². The summed E-state index contributed by atoms with van der Waals surface area (Å²) in [4.78, 5) is 32.5. The summed E-state index contributed by atoms with van der Waals surface area (Å²) in [6, 6.07) is 0. The lowest BCUT2D eigenvalue weighted by Gasteiger charge is -2.36. The van der Waals surface area contributed by atoms with E-state index in [0.29, 0.717) is 7.11 Å². The van der Waals surface area contributed by atoms with Crippen molar-refractivity contribution in [1.29, 1.82) is 0 Å². The molecule has 22 heavy (non-hydrogen) atoms. The zero-order valence-corrected chi connectivity index (χ0v) is 12.6. The molecule has 0 saturated heterocycles. The van der Waals surface area contributed by atoms with E-state index < -0.39 is 41.1 Å². The minimum atomic E-state index is -4.96. The maximum atomic E-state index is 13.7. The summed E-state index contributed by atoms with van der Waals surface area (Å²) in [7, 11) is 1.46. The Morgan fingerprint density at radius 1 is 1.09 bits per heavy atom.